The fourth-order valence-electron chi connectivity index (χ4n) is 2.39. The molecule has 1 N–H and O–H groups in total. The van der Waals surface area contributed by atoms with Crippen molar-refractivity contribution in [2.75, 3.05) is 27.2 Å². The van der Waals surface area contributed by atoms with Gasteiger partial charge in [-0.15, -0.1) is 11.3 Å². The van der Waals surface area contributed by atoms with E-state index in [0.717, 1.165) is 15.2 Å². The summed E-state index contributed by atoms with van der Waals surface area (Å²) in [4.78, 5) is 32.2. The van der Waals surface area contributed by atoms with Gasteiger partial charge in [0.15, 0.2) is 0 Å². The normalized spacial score (nSPS) is 11.8. The minimum atomic E-state index is -0.272. The molecule has 7 heteroatoms. The monoisotopic (exact) mass is 362 g/mol. The van der Waals surface area contributed by atoms with Crippen molar-refractivity contribution in [3.8, 4) is 0 Å². The molecule has 136 valence electrons. The first kappa shape index (κ1) is 19.3. The third-order valence-corrected chi connectivity index (χ3v) is 4.49. The zero-order valence-corrected chi connectivity index (χ0v) is 16.3. The quantitative estimate of drug-likeness (QED) is 0.855. The van der Waals surface area contributed by atoms with Crippen LogP contribution in [0.2, 0.25) is 0 Å². The standard InChI is InChI=1S/C18H26N4O2S/c1-18(2,3)20-15(23)10-21(4)12-17(24)22(5)11-16-19-13-8-6-7-9-14(13)25-16/h6-9H,10-12H2,1-5H3,(H,20,23). The van der Waals surface area contributed by atoms with Gasteiger partial charge in [0.25, 0.3) is 0 Å². The predicted octanol–water partition coefficient (Wildman–Crippen LogP) is 2.10. The largest absolute Gasteiger partial charge is 0.350 e. The highest BCUT2D eigenvalue weighted by Gasteiger charge is 2.18. The summed E-state index contributed by atoms with van der Waals surface area (Å²) in [5.74, 6) is -0.123. The van der Waals surface area contributed by atoms with E-state index < -0.39 is 0 Å². The predicted molar refractivity (Wildman–Crippen MR) is 101 cm³/mol. The lowest BCUT2D eigenvalue weighted by molar-refractivity contribution is -0.132. The average molecular weight is 362 g/mol. The van der Waals surface area contributed by atoms with E-state index in [-0.39, 0.29) is 30.4 Å². The summed E-state index contributed by atoms with van der Waals surface area (Å²) in [6.07, 6.45) is 0. The molecule has 6 nitrogen and oxygen atoms in total. The number of amides is 2. The van der Waals surface area contributed by atoms with Crippen LogP contribution in [0.1, 0.15) is 25.8 Å². The number of nitrogens with zero attached hydrogens (tertiary/aromatic N) is 3. The highest BCUT2D eigenvalue weighted by molar-refractivity contribution is 7.18. The topological polar surface area (TPSA) is 65.5 Å². The van der Waals surface area contributed by atoms with E-state index in [4.69, 9.17) is 0 Å². The number of thiazole rings is 1. The third-order valence-electron chi connectivity index (χ3n) is 3.47. The molecule has 1 aromatic carbocycles. The summed E-state index contributed by atoms with van der Waals surface area (Å²) >= 11 is 1.60. The molecule has 2 aromatic rings. The van der Waals surface area contributed by atoms with Crippen molar-refractivity contribution in [3.05, 3.63) is 29.3 Å². The minimum absolute atomic E-state index is 0.0367. The molecule has 0 atom stereocenters. The van der Waals surface area contributed by atoms with Crippen molar-refractivity contribution < 1.29 is 9.59 Å². The zero-order valence-electron chi connectivity index (χ0n) is 15.5. The van der Waals surface area contributed by atoms with E-state index in [1.165, 1.54) is 0 Å². The van der Waals surface area contributed by atoms with Crippen molar-refractivity contribution in [1.29, 1.82) is 0 Å². The third kappa shape index (κ3) is 6.10. The number of fused-ring (bicyclic) bond motifs is 1. The molecule has 2 amide bonds. The summed E-state index contributed by atoms with van der Waals surface area (Å²) in [6.45, 7) is 6.66. The summed E-state index contributed by atoms with van der Waals surface area (Å²) in [5.41, 5.74) is 0.685. The Morgan fingerprint density at radius 1 is 1.16 bits per heavy atom. The first-order valence-electron chi connectivity index (χ1n) is 8.22. The van der Waals surface area contributed by atoms with Gasteiger partial charge in [-0.3, -0.25) is 14.5 Å². The molecule has 0 spiro atoms. The lowest BCUT2D eigenvalue weighted by Crippen LogP contribution is -2.46. The van der Waals surface area contributed by atoms with Gasteiger partial charge < -0.3 is 10.2 Å². The Balaban J connectivity index is 1.86. The maximum atomic E-state index is 12.4. The van der Waals surface area contributed by atoms with E-state index in [0.29, 0.717) is 6.54 Å². The number of para-hydroxylation sites is 1. The molecule has 1 heterocycles. The van der Waals surface area contributed by atoms with Crippen LogP contribution in [0.4, 0.5) is 0 Å². The van der Waals surface area contributed by atoms with Crippen LogP contribution in [-0.4, -0.2) is 59.3 Å². The van der Waals surface area contributed by atoms with Crippen molar-refractivity contribution in [2.45, 2.75) is 32.9 Å². The van der Waals surface area contributed by atoms with Crippen LogP contribution in [0.25, 0.3) is 10.2 Å². The number of carbonyl (C=O) groups is 2. The van der Waals surface area contributed by atoms with E-state index in [1.807, 2.05) is 45.0 Å². The summed E-state index contributed by atoms with van der Waals surface area (Å²) in [7, 11) is 3.53. The van der Waals surface area contributed by atoms with Gasteiger partial charge in [-0.1, -0.05) is 12.1 Å². The first-order valence-corrected chi connectivity index (χ1v) is 9.03. The maximum Gasteiger partial charge on any atom is 0.236 e. The molecule has 0 bridgehead atoms. The summed E-state index contributed by atoms with van der Waals surface area (Å²) in [5, 5.41) is 3.80. The van der Waals surface area contributed by atoms with E-state index >= 15 is 0 Å². The number of nitrogens with one attached hydrogen (secondary N) is 1. The SMILES string of the molecule is CN(CC(=O)NC(C)(C)C)CC(=O)N(C)Cc1nc2ccccc2s1. The highest BCUT2D eigenvalue weighted by atomic mass is 32.1. The number of aromatic nitrogens is 1. The second kappa shape index (κ2) is 7.93. The smallest absolute Gasteiger partial charge is 0.236 e. The Morgan fingerprint density at radius 3 is 2.48 bits per heavy atom. The number of hydrogen-bond acceptors (Lipinski definition) is 5. The number of carbonyl (C=O) groups excluding carboxylic acids is 2. The zero-order chi connectivity index (χ0) is 18.6. The second-order valence-electron chi connectivity index (χ2n) is 7.30. The molecule has 0 aliphatic heterocycles. The lowest BCUT2D eigenvalue weighted by atomic mass is 10.1. The van der Waals surface area contributed by atoms with Crippen molar-refractivity contribution in [3.63, 3.8) is 0 Å². The number of benzene rings is 1. The Morgan fingerprint density at radius 2 is 1.84 bits per heavy atom. The molecule has 1 aromatic heterocycles. The van der Waals surface area contributed by atoms with Gasteiger partial charge in [0, 0.05) is 12.6 Å². The molecule has 0 unspecified atom stereocenters. The Kier molecular flexibility index (Phi) is 6.13. The second-order valence-corrected chi connectivity index (χ2v) is 8.41. The maximum absolute atomic E-state index is 12.4. The Labute approximate surface area is 152 Å². The van der Waals surface area contributed by atoms with Crippen LogP contribution >= 0.6 is 11.3 Å². The van der Waals surface area contributed by atoms with Crippen molar-refractivity contribution >= 4 is 33.4 Å². The van der Waals surface area contributed by atoms with E-state index in [2.05, 4.69) is 10.3 Å². The first-order chi connectivity index (χ1) is 11.6. The molecule has 0 fully saturated rings. The van der Waals surface area contributed by atoms with Gasteiger partial charge >= 0.3 is 0 Å². The van der Waals surface area contributed by atoms with Gasteiger partial charge in [-0.2, -0.15) is 0 Å². The van der Waals surface area contributed by atoms with Crippen LogP contribution in [0.15, 0.2) is 24.3 Å². The molecule has 0 radical (unpaired) electrons. The molecule has 25 heavy (non-hydrogen) atoms. The average Bonchev–Trinajstić information content (AvgIpc) is 2.86. The fraction of sp³-hybridized carbons (Fsp3) is 0.500. The molecule has 0 saturated carbocycles. The van der Waals surface area contributed by atoms with Crippen LogP contribution in [0.5, 0.6) is 0 Å². The summed E-state index contributed by atoms with van der Waals surface area (Å²) in [6, 6.07) is 7.94. The van der Waals surface area contributed by atoms with Crippen LogP contribution < -0.4 is 5.32 Å². The van der Waals surface area contributed by atoms with E-state index in [9.17, 15) is 9.59 Å². The van der Waals surface area contributed by atoms with Gasteiger partial charge in [0.05, 0.1) is 29.9 Å². The number of likely N-dealkylation sites (N-methyl/N-ethyl adjacent to an activating group) is 2. The Hall–Kier alpha value is -1.99. The molecule has 0 aliphatic carbocycles. The molecular weight excluding hydrogens is 336 g/mol. The molecule has 2 rings (SSSR count). The van der Waals surface area contributed by atoms with Gasteiger partial charge in [0.2, 0.25) is 11.8 Å². The van der Waals surface area contributed by atoms with E-state index in [1.54, 1.807) is 35.2 Å². The van der Waals surface area contributed by atoms with Crippen LogP contribution in [0, 0.1) is 0 Å². The van der Waals surface area contributed by atoms with Crippen molar-refractivity contribution in [1.82, 2.24) is 20.1 Å². The van der Waals surface area contributed by atoms with Gasteiger partial charge in [0.1, 0.15) is 5.01 Å². The summed E-state index contributed by atoms with van der Waals surface area (Å²) < 4.78 is 1.12. The molecule has 0 aliphatic rings. The van der Waals surface area contributed by atoms with Crippen molar-refractivity contribution in [2.24, 2.45) is 0 Å². The highest BCUT2D eigenvalue weighted by Crippen LogP contribution is 2.22. The Bertz CT molecular complexity index is 718. The fourth-order valence-corrected chi connectivity index (χ4v) is 3.41. The minimum Gasteiger partial charge on any atom is -0.350 e. The molecular formula is C18H26N4O2S. The molecule has 0 saturated heterocycles. The van der Waals surface area contributed by atoms with Crippen LogP contribution in [0.3, 0.4) is 0 Å². The van der Waals surface area contributed by atoms with Crippen LogP contribution in [-0.2, 0) is 16.1 Å². The lowest BCUT2D eigenvalue weighted by Gasteiger charge is -2.24. The number of rotatable bonds is 6. The van der Waals surface area contributed by atoms with Gasteiger partial charge in [-0.05, 0) is 40.0 Å². The van der Waals surface area contributed by atoms with Gasteiger partial charge in [-0.25, -0.2) is 4.98 Å². The number of hydrogen-bond donors (Lipinski definition) is 1.